The second kappa shape index (κ2) is 26.8. The third-order valence-corrected chi connectivity index (χ3v) is 25.1. The zero-order chi connectivity index (χ0) is 76.2. The smallest absolute Gasteiger partial charge is 0.248 e. The molecule has 0 unspecified atom stereocenters. The number of benzene rings is 16. The summed E-state index contributed by atoms with van der Waals surface area (Å²) >= 11 is 0. The molecular formula is C106H92B2N4. The summed E-state index contributed by atoms with van der Waals surface area (Å²) in [6.07, 6.45) is 0. The lowest BCUT2D eigenvalue weighted by molar-refractivity contribution is 0.807. The van der Waals surface area contributed by atoms with E-state index in [2.05, 4.69) is 406 Å². The normalized spacial score (nSPS) is 13.1. The third-order valence-electron chi connectivity index (χ3n) is 25.1. The monoisotopic (exact) mass is 1440 g/mol. The Hall–Kier alpha value is -12.1. The lowest BCUT2D eigenvalue weighted by Crippen LogP contribution is -2.60. The Labute approximate surface area is 661 Å². The predicted molar refractivity (Wildman–Crippen MR) is 484 cm³/mol. The summed E-state index contributed by atoms with van der Waals surface area (Å²) in [4.78, 5) is 10.2. The molecule has 0 aliphatic carbocycles. The van der Waals surface area contributed by atoms with Crippen LogP contribution < -0.4 is 52.4 Å². The van der Waals surface area contributed by atoms with Crippen LogP contribution in [-0.2, 0) is 0 Å². The van der Waals surface area contributed by atoms with Gasteiger partial charge in [-0.1, -0.05) is 276 Å². The Balaban J connectivity index is 1.04. The molecule has 0 saturated heterocycles. The minimum Gasteiger partial charge on any atom is -0.311 e. The largest absolute Gasteiger partial charge is 0.311 e. The van der Waals surface area contributed by atoms with Gasteiger partial charge in [0.15, 0.2) is 0 Å². The molecule has 0 atom stereocenters. The Morgan fingerprint density at radius 2 is 0.527 bits per heavy atom. The lowest BCUT2D eigenvalue weighted by Gasteiger charge is -2.43. The first-order valence-corrected chi connectivity index (χ1v) is 40.9. The van der Waals surface area contributed by atoms with Crippen molar-refractivity contribution in [2.45, 2.75) is 119 Å². The summed E-state index contributed by atoms with van der Waals surface area (Å²) in [5.41, 5.74) is 40.4. The van der Waals surface area contributed by atoms with Gasteiger partial charge in [0.1, 0.15) is 0 Å². The average Bonchev–Trinajstić information content (AvgIpc) is 0.660. The molecule has 4 heterocycles. The van der Waals surface area contributed by atoms with Crippen molar-refractivity contribution in [2.24, 2.45) is 0 Å². The van der Waals surface area contributed by atoms with Gasteiger partial charge in [0.25, 0.3) is 0 Å². The first kappa shape index (κ1) is 69.1. The van der Waals surface area contributed by atoms with Gasteiger partial charge in [-0.2, -0.15) is 0 Å². The number of rotatable bonds is 16. The molecule has 4 nitrogen and oxygen atoms in total. The molecule has 6 heteroatoms. The zero-order valence-electron chi connectivity index (χ0n) is 66.3. The number of anilines is 12. The standard InChI is InChI=1S/C106H92B2N4/c1-63(2)69-51-79(65(5)6)99(80(52-69)66(7)8)83-59-85-89-55-77(109(71-35-19-13-20-36-71)72-37-21-14-22-38-72)57-97-105(89)108(92-48-32-34-50-96(92)111(97)75-43-27-17-28-44-75)94-62-88-84(100-81(67(9)10)53-70(64(3)4)54-82(100)68(11)12)60-86-90-56-78(110(73-39-23-15-24-40-73)74-41-25-16-26-42-74)58-98-106(90)107(93-61-87(83)103(101(85)94)104(88)102(86)93)91-47-31-33-49-95(91)112(98)76-45-29-18-30-46-76/h13-68H,1-12H3. The SMILES string of the molecule is CC(C)c1cc(C(C)C)c(-c2cc3c4c(cc5c(-c6c(C(C)C)cc(C(C)C)cc6C(C)C)cc6c7c(cc2c4c57)B2c4ccccc4N(c4ccccc4)c4cc(N(c5ccccc5)c5ccccc5)cc-6c42)B2c4ccccc4N(c4ccccc4)c4cc(N(c5ccccc5)c5ccccc5)cc-3c42)c(C(C)C)c1. The quantitative estimate of drug-likeness (QED) is 0.0706. The van der Waals surface area contributed by atoms with E-state index in [0.29, 0.717) is 11.8 Å². The molecule has 112 heavy (non-hydrogen) atoms. The summed E-state index contributed by atoms with van der Waals surface area (Å²) < 4.78 is 0. The van der Waals surface area contributed by atoms with Gasteiger partial charge in [-0.15, -0.1) is 0 Å². The van der Waals surface area contributed by atoms with Crippen molar-refractivity contribution in [1.82, 2.24) is 0 Å². The zero-order valence-corrected chi connectivity index (χ0v) is 66.3. The summed E-state index contributed by atoms with van der Waals surface area (Å²) in [6.45, 7) is 28.7. The van der Waals surface area contributed by atoms with Crippen molar-refractivity contribution < 1.29 is 0 Å². The minimum atomic E-state index is -0.163. The van der Waals surface area contributed by atoms with E-state index in [0.717, 1.165) is 45.5 Å². The van der Waals surface area contributed by atoms with Crippen LogP contribution in [0.5, 0.6) is 0 Å². The minimum absolute atomic E-state index is 0.163. The van der Waals surface area contributed by atoms with Crippen LogP contribution in [0.15, 0.2) is 303 Å². The Kier molecular flexibility index (Phi) is 16.6. The van der Waals surface area contributed by atoms with Gasteiger partial charge >= 0.3 is 0 Å². The number of nitrogens with zero attached hydrogens (tertiary/aromatic N) is 4. The van der Waals surface area contributed by atoms with Crippen LogP contribution in [0.25, 0.3) is 76.8 Å². The van der Waals surface area contributed by atoms with Crippen molar-refractivity contribution in [3.8, 4) is 44.5 Å². The molecule has 4 aliphatic rings. The van der Waals surface area contributed by atoms with Gasteiger partial charge in [-0.25, -0.2) is 0 Å². The van der Waals surface area contributed by atoms with Gasteiger partial charge in [0.05, 0.1) is 0 Å². The second-order valence-corrected chi connectivity index (χ2v) is 33.7. The number of para-hydroxylation sites is 8. The molecule has 0 radical (unpaired) electrons. The maximum atomic E-state index is 2.78. The molecule has 20 rings (SSSR count). The molecule has 0 aromatic heterocycles. The van der Waals surface area contributed by atoms with Crippen LogP contribution in [0.3, 0.4) is 0 Å². The van der Waals surface area contributed by atoms with Crippen molar-refractivity contribution >= 4 is 147 Å². The molecule has 542 valence electrons. The van der Waals surface area contributed by atoms with Gasteiger partial charge in [0, 0.05) is 68.2 Å². The maximum Gasteiger partial charge on any atom is 0.248 e. The molecule has 4 aliphatic heterocycles. The fourth-order valence-corrected chi connectivity index (χ4v) is 20.0. The number of hydrogen-bond acceptors (Lipinski definition) is 4. The lowest BCUT2D eigenvalue weighted by atomic mass is 9.31. The molecule has 16 aromatic rings. The van der Waals surface area contributed by atoms with Crippen LogP contribution in [0.4, 0.5) is 68.2 Å². The molecule has 0 amide bonds. The highest BCUT2D eigenvalue weighted by molar-refractivity contribution is 7.02. The highest BCUT2D eigenvalue weighted by Gasteiger charge is 2.47. The Morgan fingerprint density at radius 1 is 0.232 bits per heavy atom. The van der Waals surface area contributed by atoms with E-state index in [-0.39, 0.29) is 37.1 Å². The summed E-state index contributed by atoms with van der Waals surface area (Å²) in [6, 6.07) is 117. The van der Waals surface area contributed by atoms with Crippen molar-refractivity contribution in [1.29, 1.82) is 0 Å². The van der Waals surface area contributed by atoms with Gasteiger partial charge in [-0.05, 0) is 289 Å². The van der Waals surface area contributed by atoms with Crippen LogP contribution in [0.1, 0.15) is 152 Å². The topological polar surface area (TPSA) is 13.0 Å². The molecule has 0 spiro atoms. The summed E-state index contributed by atoms with van der Waals surface area (Å²) in [5, 5.41) is 8.01. The van der Waals surface area contributed by atoms with E-state index in [4.69, 9.17) is 0 Å². The second-order valence-electron chi connectivity index (χ2n) is 33.7. The van der Waals surface area contributed by atoms with E-state index in [9.17, 15) is 0 Å². The first-order chi connectivity index (χ1) is 54.6. The molecular weight excluding hydrogens is 1350 g/mol. The summed E-state index contributed by atoms with van der Waals surface area (Å²) in [5.74, 6) is 1.49. The van der Waals surface area contributed by atoms with Gasteiger partial charge in [0.2, 0.25) is 13.4 Å². The number of hydrogen-bond donors (Lipinski definition) is 0. The van der Waals surface area contributed by atoms with Crippen molar-refractivity contribution in [2.75, 3.05) is 19.6 Å². The van der Waals surface area contributed by atoms with Crippen LogP contribution in [0.2, 0.25) is 0 Å². The van der Waals surface area contributed by atoms with Crippen LogP contribution in [-0.4, -0.2) is 13.4 Å². The van der Waals surface area contributed by atoms with E-state index in [1.54, 1.807) is 0 Å². The molecule has 0 N–H and O–H groups in total. The van der Waals surface area contributed by atoms with E-state index >= 15 is 0 Å². The molecule has 0 saturated carbocycles. The van der Waals surface area contributed by atoms with E-state index in [1.807, 2.05) is 0 Å². The molecule has 16 aromatic carbocycles. The Morgan fingerprint density at radius 3 is 0.830 bits per heavy atom. The van der Waals surface area contributed by atoms with Gasteiger partial charge in [-0.3, -0.25) is 0 Å². The fourth-order valence-electron chi connectivity index (χ4n) is 20.0. The van der Waals surface area contributed by atoms with Crippen molar-refractivity contribution in [3.05, 3.63) is 337 Å². The molecule has 0 bridgehead atoms. The first-order valence-electron chi connectivity index (χ1n) is 40.9. The highest BCUT2D eigenvalue weighted by Crippen LogP contribution is 2.57. The fraction of sp³-hybridized carbons (Fsp3) is 0.170. The highest BCUT2D eigenvalue weighted by atomic mass is 15.2. The van der Waals surface area contributed by atoms with Crippen LogP contribution >= 0.6 is 0 Å². The maximum absolute atomic E-state index is 2.78. The number of fused-ring (bicyclic) bond motifs is 8. The van der Waals surface area contributed by atoms with Crippen molar-refractivity contribution in [3.63, 3.8) is 0 Å². The molecule has 0 fully saturated rings. The summed E-state index contributed by atoms with van der Waals surface area (Å²) in [7, 11) is 0. The average molecular weight is 1440 g/mol. The Bertz CT molecular complexity index is 5880. The van der Waals surface area contributed by atoms with Gasteiger partial charge < -0.3 is 19.6 Å². The van der Waals surface area contributed by atoms with Crippen LogP contribution in [0, 0.1) is 0 Å². The van der Waals surface area contributed by atoms with E-state index < -0.39 is 0 Å². The third kappa shape index (κ3) is 10.6. The predicted octanol–water partition coefficient (Wildman–Crippen LogP) is 26.2. The van der Waals surface area contributed by atoms with E-state index in [1.165, 1.54) is 166 Å².